The van der Waals surface area contributed by atoms with Crippen LogP contribution in [0.25, 0.3) is 16.9 Å². The standard InChI is InChI=1S/C16H21N7O2.C2H6/c1-11-18-15-13(7-17-20-15)16(19-11)23-9-12(14(10-24)21-23)8-22(2)5-4-6-25-3;1-2/h7,9-10H,4-6,8H2,1-3H3,(H,17,18,19,20);1-2H3. The topological polar surface area (TPSA) is 102 Å². The van der Waals surface area contributed by atoms with Crippen molar-refractivity contribution < 1.29 is 9.53 Å². The number of aromatic amines is 1. The fraction of sp³-hybridized carbons (Fsp3) is 0.500. The van der Waals surface area contributed by atoms with Crippen LogP contribution < -0.4 is 0 Å². The Labute approximate surface area is 158 Å². The Morgan fingerprint density at radius 3 is 2.81 bits per heavy atom. The second-order valence-corrected chi connectivity index (χ2v) is 5.91. The van der Waals surface area contributed by atoms with Crippen molar-refractivity contribution in [3.8, 4) is 5.82 Å². The van der Waals surface area contributed by atoms with E-state index in [1.165, 1.54) is 0 Å². The normalized spacial score (nSPS) is 10.9. The van der Waals surface area contributed by atoms with E-state index in [0.717, 1.165) is 30.2 Å². The molecule has 0 aliphatic heterocycles. The van der Waals surface area contributed by atoms with Crippen molar-refractivity contribution in [1.82, 2.24) is 34.8 Å². The molecule has 0 aliphatic carbocycles. The number of rotatable bonds is 8. The molecule has 0 saturated heterocycles. The van der Waals surface area contributed by atoms with E-state index in [4.69, 9.17) is 4.74 Å². The number of carbonyl (C=O) groups is 1. The summed E-state index contributed by atoms with van der Waals surface area (Å²) in [6.07, 6.45) is 5.20. The minimum Gasteiger partial charge on any atom is -0.385 e. The Morgan fingerprint density at radius 1 is 1.33 bits per heavy atom. The highest BCUT2D eigenvalue weighted by Crippen LogP contribution is 2.19. The minimum atomic E-state index is 0.409. The summed E-state index contributed by atoms with van der Waals surface area (Å²) < 4.78 is 6.69. The maximum absolute atomic E-state index is 11.4. The molecule has 9 heteroatoms. The molecule has 0 atom stereocenters. The number of nitrogens with one attached hydrogen (secondary N) is 1. The van der Waals surface area contributed by atoms with Crippen molar-refractivity contribution in [2.45, 2.75) is 33.7 Å². The first-order valence-electron chi connectivity index (χ1n) is 9.01. The lowest BCUT2D eigenvalue weighted by Crippen LogP contribution is -2.20. The Bertz CT molecular complexity index is 872. The van der Waals surface area contributed by atoms with E-state index in [-0.39, 0.29) is 0 Å². The highest BCUT2D eigenvalue weighted by molar-refractivity contribution is 5.82. The number of hydrogen-bond donors (Lipinski definition) is 1. The van der Waals surface area contributed by atoms with Crippen LogP contribution in [0.1, 0.15) is 42.1 Å². The SMILES string of the molecule is CC.COCCCN(C)Cc1cn(-c2nc(C)nc3[nH]ncc23)nc1C=O. The van der Waals surface area contributed by atoms with E-state index < -0.39 is 0 Å². The van der Waals surface area contributed by atoms with E-state index in [1.807, 2.05) is 27.1 Å². The third-order valence-electron chi connectivity index (χ3n) is 3.88. The zero-order valence-corrected chi connectivity index (χ0v) is 16.6. The van der Waals surface area contributed by atoms with E-state index in [9.17, 15) is 4.79 Å². The van der Waals surface area contributed by atoms with Crippen molar-refractivity contribution in [2.24, 2.45) is 0 Å². The number of aromatic nitrogens is 6. The van der Waals surface area contributed by atoms with Gasteiger partial charge in [-0.25, -0.2) is 14.6 Å². The molecule has 146 valence electrons. The van der Waals surface area contributed by atoms with Gasteiger partial charge in [0.05, 0.1) is 11.6 Å². The summed E-state index contributed by atoms with van der Waals surface area (Å²) in [6.45, 7) is 8.01. The van der Waals surface area contributed by atoms with Crippen molar-refractivity contribution in [3.05, 3.63) is 29.5 Å². The third kappa shape index (κ3) is 4.95. The molecular weight excluding hydrogens is 346 g/mol. The molecule has 27 heavy (non-hydrogen) atoms. The summed E-state index contributed by atoms with van der Waals surface area (Å²) in [6, 6.07) is 0. The molecule has 0 aromatic carbocycles. The highest BCUT2D eigenvalue weighted by Gasteiger charge is 2.15. The molecule has 0 saturated carbocycles. The smallest absolute Gasteiger partial charge is 0.170 e. The molecule has 3 rings (SSSR count). The van der Waals surface area contributed by atoms with Crippen LogP contribution in [0.15, 0.2) is 12.4 Å². The number of fused-ring (bicyclic) bond motifs is 1. The molecule has 3 aromatic heterocycles. The summed E-state index contributed by atoms with van der Waals surface area (Å²) in [7, 11) is 3.69. The number of aryl methyl sites for hydroxylation is 1. The van der Waals surface area contributed by atoms with Crippen molar-refractivity contribution in [2.75, 3.05) is 27.3 Å². The maximum atomic E-state index is 11.4. The zero-order valence-electron chi connectivity index (χ0n) is 16.6. The van der Waals surface area contributed by atoms with Gasteiger partial charge in [0.25, 0.3) is 0 Å². The molecule has 3 aromatic rings. The summed E-state index contributed by atoms with van der Waals surface area (Å²) in [4.78, 5) is 22.3. The van der Waals surface area contributed by atoms with Crippen LogP contribution in [0.5, 0.6) is 0 Å². The number of H-pyrrole nitrogens is 1. The molecule has 0 amide bonds. The molecule has 0 aliphatic rings. The molecule has 1 N–H and O–H groups in total. The Balaban J connectivity index is 0.00000126. The van der Waals surface area contributed by atoms with Crippen LogP contribution >= 0.6 is 0 Å². The number of nitrogens with zero attached hydrogens (tertiary/aromatic N) is 6. The molecule has 0 unspecified atom stereocenters. The predicted molar refractivity (Wildman–Crippen MR) is 103 cm³/mol. The van der Waals surface area contributed by atoms with Gasteiger partial charge in [-0.1, -0.05) is 13.8 Å². The molecular formula is C18H27N7O2. The molecule has 9 nitrogen and oxygen atoms in total. The molecule has 0 radical (unpaired) electrons. The van der Waals surface area contributed by atoms with Crippen molar-refractivity contribution in [1.29, 1.82) is 0 Å². The summed E-state index contributed by atoms with van der Waals surface area (Å²) >= 11 is 0. The average molecular weight is 373 g/mol. The first kappa shape index (κ1) is 20.7. The van der Waals surface area contributed by atoms with Gasteiger partial charge < -0.3 is 9.64 Å². The van der Waals surface area contributed by atoms with Gasteiger partial charge in [0.15, 0.2) is 17.8 Å². The first-order chi connectivity index (χ1) is 13.1. The third-order valence-corrected chi connectivity index (χ3v) is 3.88. The number of hydrogen-bond acceptors (Lipinski definition) is 7. The van der Waals surface area contributed by atoms with Crippen LogP contribution in [0, 0.1) is 6.92 Å². The van der Waals surface area contributed by atoms with Crippen LogP contribution in [-0.2, 0) is 11.3 Å². The van der Waals surface area contributed by atoms with Crippen LogP contribution in [0.2, 0.25) is 0 Å². The van der Waals surface area contributed by atoms with Gasteiger partial charge in [-0.3, -0.25) is 9.89 Å². The second-order valence-electron chi connectivity index (χ2n) is 5.91. The van der Waals surface area contributed by atoms with Crippen molar-refractivity contribution in [3.63, 3.8) is 0 Å². The Kier molecular flexibility index (Phi) is 7.56. The summed E-state index contributed by atoms with van der Waals surface area (Å²) in [5, 5.41) is 12.0. The zero-order chi connectivity index (χ0) is 19.8. The highest BCUT2D eigenvalue weighted by atomic mass is 16.5. The molecule has 0 spiro atoms. The van der Waals surface area contributed by atoms with Gasteiger partial charge >= 0.3 is 0 Å². The maximum Gasteiger partial charge on any atom is 0.170 e. The predicted octanol–water partition coefficient (Wildman–Crippen LogP) is 2.15. The first-order valence-corrected chi connectivity index (χ1v) is 9.01. The molecule has 3 heterocycles. The molecule has 0 bridgehead atoms. The lowest BCUT2D eigenvalue weighted by molar-refractivity contribution is 0.111. The summed E-state index contributed by atoms with van der Waals surface area (Å²) in [5.41, 5.74) is 1.90. The van der Waals surface area contributed by atoms with Gasteiger partial charge in [0.1, 0.15) is 11.5 Å². The Morgan fingerprint density at radius 2 is 2.11 bits per heavy atom. The van der Waals surface area contributed by atoms with E-state index in [0.29, 0.717) is 36.1 Å². The largest absolute Gasteiger partial charge is 0.385 e. The molecule has 0 fully saturated rings. The van der Waals surface area contributed by atoms with Crippen LogP contribution in [0.4, 0.5) is 0 Å². The van der Waals surface area contributed by atoms with Crippen molar-refractivity contribution >= 4 is 17.3 Å². The van der Waals surface area contributed by atoms with Gasteiger partial charge in [-0.2, -0.15) is 10.2 Å². The van der Waals surface area contributed by atoms with E-state index in [2.05, 4.69) is 30.2 Å². The van der Waals surface area contributed by atoms with Crippen LogP contribution in [0.3, 0.4) is 0 Å². The lowest BCUT2D eigenvalue weighted by atomic mass is 10.2. The quantitative estimate of drug-likeness (QED) is 0.477. The average Bonchev–Trinajstić information content (AvgIpc) is 3.29. The second kappa shape index (κ2) is 9.89. The Hall–Kier alpha value is -2.65. The van der Waals surface area contributed by atoms with Gasteiger partial charge in [-0.15, -0.1) is 0 Å². The van der Waals surface area contributed by atoms with Crippen LogP contribution in [-0.4, -0.2) is 68.4 Å². The van der Waals surface area contributed by atoms with Gasteiger partial charge in [0, 0.05) is 38.6 Å². The fourth-order valence-corrected chi connectivity index (χ4v) is 2.70. The number of carbonyl (C=O) groups excluding carboxylic acids is 1. The lowest BCUT2D eigenvalue weighted by Gasteiger charge is -2.15. The minimum absolute atomic E-state index is 0.409. The van der Waals surface area contributed by atoms with E-state index >= 15 is 0 Å². The summed E-state index contributed by atoms with van der Waals surface area (Å²) in [5.74, 6) is 1.21. The van der Waals surface area contributed by atoms with Gasteiger partial charge in [0.2, 0.25) is 0 Å². The fourth-order valence-electron chi connectivity index (χ4n) is 2.70. The van der Waals surface area contributed by atoms with Gasteiger partial charge in [-0.05, 0) is 20.4 Å². The number of aldehydes is 1. The monoisotopic (exact) mass is 373 g/mol. The number of ether oxygens (including phenoxy) is 1. The number of methoxy groups -OCH3 is 1. The van der Waals surface area contributed by atoms with E-state index in [1.54, 1.807) is 24.9 Å².